The maximum Gasteiger partial charge on any atom is 0.256 e. The number of nitrogens with zero attached hydrogens (tertiary/aromatic N) is 2. The first-order chi connectivity index (χ1) is 11.1. The van der Waals surface area contributed by atoms with Crippen LogP contribution in [0, 0.1) is 5.92 Å². The third kappa shape index (κ3) is 2.39. The van der Waals surface area contributed by atoms with E-state index in [4.69, 9.17) is 4.74 Å². The summed E-state index contributed by atoms with van der Waals surface area (Å²) in [6.07, 6.45) is 1.87. The highest BCUT2D eigenvalue weighted by molar-refractivity contribution is 6.07. The van der Waals surface area contributed by atoms with E-state index in [2.05, 4.69) is 5.32 Å². The van der Waals surface area contributed by atoms with Crippen molar-refractivity contribution >= 4 is 22.7 Å². The topological polar surface area (TPSA) is 63.6 Å². The van der Waals surface area contributed by atoms with Crippen LogP contribution in [0.2, 0.25) is 0 Å². The number of carbonyl (C=O) groups is 2. The predicted molar refractivity (Wildman–Crippen MR) is 85.1 cm³/mol. The fourth-order valence-electron chi connectivity index (χ4n) is 3.48. The molecule has 4 rings (SSSR count). The van der Waals surface area contributed by atoms with Gasteiger partial charge in [-0.25, -0.2) is 0 Å². The van der Waals surface area contributed by atoms with Gasteiger partial charge in [-0.2, -0.15) is 0 Å². The lowest BCUT2D eigenvalue weighted by atomic mass is 10.1. The molecule has 2 aromatic rings. The van der Waals surface area contributed by atoms with Crippen molar-refractivity contribution in [2.75, 3.05) is 26.3 Å². The Morgan fingerprint density at radius 3 is 2.96 bits per heavy atom. The van der Waals surface area contributed by atoms with E-state index in [0.717, 1.165) is 10.9 Å². The number of aryl methyl sites for hydroxylation is 1. The molecule has 2 atom stereocenters. The molecule has 2 aliphatic heterocycles. The summed E-state index contributed by atoms with van der Waals surface area (Å²) in [5.41, 5.74) is 1.72. The van der Waals surface area contributed by atoms with E-state index < -0.39 is 0 Å². The van der Waals surface area contributed by atoms with Crippen LogP contribution in [0.3, 0.4) is 0 Å². The Balaban J connectivity index is 1.69. The molecular formula is C17H19N3O3. The van der Waals surface area contributed by atoms with Crippen molar-refractivity contribution in [1.82, 2.24) is 14.8 Å². The SMILES string of the molecule is Cn1cc(C(=O)N2C[C@H]3COC[C@@H](C2)C(=O)N3)c2ccccc21. The van der Waals surface area contributed by atoms with Crippen LogP contribution >= 0.6 is 0 Å². The Bertz CT molecular complexity index is 782. The minimum Gasteiger partial charge on any atom is -0.378 e. The van der Waals surface area contributed by atoms with Crippen molar-refractivity contribution in [3.8, 4) is 0 Å². The van der Waals surface area contributed by atoms with Crippen LogP contribution in [-0.4, -0.2) is 53.6 Å². The molecule has 1 N–H and O–H groups in total. The molecule has 23 heavy (non-hydrogen) atoms. The van der Waals surface area contributed by atoms with E-state index in [-0.39, 0.29) is 23.8 Å². The summed E-state index contributed by atoms with van der Waals surface area (Å²) in [4.78, 5) is 26.9. The lowest BCUT2D eigenvalue weighted by molar-refractivity contribution is -0.125. The van der Waals surface area contributed by atoms with Gasteiger partial charge in [0, 0.05) is 37.2 Å². The quantitative estimate of drug-likeness (QED) is 0.846. The molecule has 0 radical (unpaired) electrons. The number of para-hydroxylation sites is 1. The summed E-state index contributed by atoms with van der Waals surface area (Å²) in [6.45, 7) is 1.73. The highest BCUT2D eigenvalue weighted by Crippen LogP contribution is 2.23. The maximum absolute atomic E-state index is 13.1. The van der Waals surface area contributed by atoms with Crippen LogP contribution in [0.15, 0.2) is 30.5 Å². The van der Waals surface area contributed by atoms with Crippen molar-refractivity contribution < 1.29 is 14.3 Å². The summed E-state index contributed by atoms with van der Waals surface area (Å²) in [5, 5.41) is 3.91. The molecule has 2 saturated heterocycles. The van der Waals surface area contributed by atoms with Gasteiger partial charge >= 0.3 is 0 Å². The molecule has 2 aliphatic rings. The second-order valence-electron chi connectivity index (χ2n) is 6.32. The molecule has 2 amide bonds. The Hall–Kier alpha value is -2.34. The van der Waals surface area contributed by atoms with Crippen LogP contribution in [0.4, 0.5) is 0 Å². The second kappa shape index (κ2) is 5.38. The van der Waals surface area contributed by atoms with E-state index >= 15 is 0 Å². The van der Waals surface area contributed by atoms with Crippen LogP contribution in [0.5, 0.6) is 0 Å². The number of hydrogen-bond acceptors (Lipinski definition) is 3. The smallest absolute Gasteiger partial charge is 0.256 e. The van der Waals surface area contributed by atoms with Gasteiger partial charge in [0.05, 0.1) is 30.7 Å². The zero-order valence-corrected chi connectivity index (χ0v) is 13.0. The highest BCUT2D eigenvalue weighted by atomic mass is 16.5. The fourth-order valence-corrected chi connectivity index (χ4v) is 3.48. The van der Waals surface area contributed by atoms with Crippen molar-refractivity contribution in [1.29, 1.82) is 0 Å². The zero-order valence-electron chi connectivity index (χ0n) is 13.0. The highest BCUT2D eigenvalue weighted by Gasteiger charge is 2.35. The lowest BCUT2D eigenvalue weighted by Crippen LogP contribution is -2.44. The van der Waals surface area contributed by atoms with E-state index in [1.165, 1.54) is 0 Å². The largest absolute Gasteiger partial charge is 0.378 e. The van der Waals surface area contributed by atoms with E-state index in [1.807, 2.05) is 42.1 Å². The molecular weight excluding hydrogens is 294 g/mol. The third-order valence-corrected chi connectivity index (χ3v) is 4.65. The molecule has 0 spiro atoms. The van der Waals surface area contributed by atoms with Crippen LogP contribution in [-0.2, 0) is 16.6 Å². The van der Waals surface area contributed by atoms with Crippen molar-refractivity contribution in [2.24, 2.45) is 13.0 Å². The molecule has 2 fully saturated rings. The number of rotatable bonds is 1. The molecule has 0 aliphatic carbocycles. The molecule has 1 aromatic carbocycles. The average Bonchev–Trinajstić information content (AvgIpc) is 2.65. The number of amides is 2. The second-order valence-corrected chi connectivity index (χ2v) is 6.32. The van der Waals surface area contributed by atoms with Crippen molar-refractivity contribution in [3.05, 3.63) is 36.0 Å². The van der Waals surface area contributed by atoms with Gasteiger partial charge in [0.1, 0.15) is 0 Å². The lowest BCUT2D eigenvalue weighted by Gasteiger charge is -2.27. The molecule has 120 valence electrons. The van der Waals surface area contributed by atoms with Gasteiger partial charge in [0.25, 0.3) is 5.91 Å². The first kappa shape index (κ1) is 14.3. The minimum atomic E-state index is -0.290. The van der Waals surface area contributed by atoms with Gasteiger partial charge in [-0.15, -0.1) is 0 Å². The number of aromatic nitrogens is 1. The van der Waals surface area contributed by atoms with Gasteiger partial charge in [0.2, 0.25) is 5.91 Å². The molecule has 2 bridgehead atoms. The fraction of sp³-hybridized carbons (Fsp3) is 0.412. The molecule has 0 unspecified atom stereocenters. The summed E-state index contributed by atoms with van der Waals surface area (Å²) in [7, 11) is 1.94. The van der Waals surface area contributed by atoms with Crippen LogP contribution in [0.25, 0.3) is 10.9 Å². The Labute approximate surface area is 134 Å². The number of ether oxygens (including phenoxy) is 1. The van der Waals surface area contributed by atoms with Gasteiger partial charge in [0.15, 0.2) is 0 Å². The molecule has 6 nitrogen and oxygen atoms in total. The predicted octanol–water partition coefficient (Wildman–Crippen LogP) is 0.765. The van der Waals surface area contributed by atoms with E-state index in [9.17, 15) is 9.59 Å². The Kier molecular flexibility index (Phi) is 3.34. The van der Waals surface area contributed by atoms with Crippen molar-refractivity contribution in [2.45, 2.75) is 6.04 Å². The maximum atomic E-state index is 13.1. The van der Waals surface area contributed by atoms with E-state index in [0.29, 0.717) is 31.9 Å². The van der Waals surface area contributed by atoms with E-state index in [1.54, 1.807) is 4.90 Å². The molecule has 1 aromatic heterocycles. The standard InChI is InChI=1S/C17H19N3O3/c1-19-8-14(13-4-2-3-5-15(13)19)17(22)20-6-11-9-23-10-12(7-20)18-16(11)21/h2-5,8,11-12H,6-7,9-10H2,1H3,(H,18,21)/t11-,12+/m1/s1. The molecule has 6 heteroatoms. The van der Waals surface area contributed by atoms with Crippen LogP contribution < -0.4 is 5.32 Å². The summed E-state index contributed by atoms with van der Waals surface area (Å²) >= 11 is 0. The number of nitrogens with one attached hydrogen (secondary N) is 1. The van der Waals surface area contributed by atoms with Gasteiger partial charge in [-0.3, -0.25) is 9.59 Å². The monoisotopic (exact) mass is 313 g/mol. The molecule has 0 saturated carbocycles. The van der Waals surface area contributed by atoms with Gasteiger partial charge in [-0.1, -0.05) is 18.2 Å². The van der Waals surface area contributed by atoms with Gasteiger partial charge in [-0.05, 0) is 6.07 Å². The summed E-state index contributed by atoms with van der Waals surface area (Å²) < 4.78 is 7.48. The van der Waals surface area contributed by atoms with Crippen molar-refractivity contribution in [3.63, 3.8) is 0 Å². The van der Waals surface area contributed by atoms with Crippen LogP contribution in [0.1, 0.15) is 10.4 Å². The average molecular weight is 313 g/mol. The summed E-state index contributed by atoms with van der Waals surface area (Å²) in [6, 6.07) is 7.74. The normalized spacial score (nSPS) is 24.4. The number of hydrogen-bond donors (Lipinski definition) is 1. The first-order valence-electron chi connectivity index (χ1n) is 7.85. The van der Waals surface area contributed by atoms with Gasteiger partial charge < -0.3 is 19.5 Å². The first-order valence-corrected chi connectivity index (χ1v) is 7.85. The summed E-state index contributed by atoms with van der Waals surface area (Å²) in [5.74, 6) is -0.322. The zero-order chi connectivity index (χ0) is 16.0. The number of benzene rings is 1. The third-order valence-electron chi connectivity index (χ3n) is 4.65. The number of carbonyl (C=O) groups excluding carboxylic acids is 2. The Morgan fingerprint density at radius 1 is 1.26 bits per heavy atom. The Morgan fingerprint density at radius 2 is 2.09 bits per heavy atom. The molecule has 3 heterocycles. The minimum absolute atomic E-state index is 0.0132. The number of fused-ring (bicyclic) bond motifs is 4.